The van der Waals surface area contributed by atoms with Crippen molar-refractivity contribution >= 4 is 50.9 Å². The molecule has 0 aromatic heterocycles. The normalized spacial score (nSPS) is 13.0. The van der Waals surface area contributed by atoms with Gasteiger partial charge in [-0.15, -0.1) is 0 Å². The maximum absolute atomic E-state index is 12.9. The van der Waals surface area contributed by atoms with E-state index < -0.39 is 51.3 Å². The Kier molecular flexibility index (Phi) is 12.5. The first kappa shape index (κ1) is 28.1. The van der Waals surface area contributed by atoms with Crippen molar-refractivity contribution in [2.45, 2.75) is 41.1 Å². The van der Waals surface area contributed by atoms with Gasteiger partial charge in [0.2, 0.25) is 0 Å². The highest BCUT2D eigenvalue weighted by Gasteiger charge is 2.25. The van der Waals surface area contributed by atoms with Gasteiger partial charge in [0.25, 0.3) is 5.91 Å². The molecule has 0 bridgehead atoms. The number of nitrogens with one attached hydrogen (secondary N) is 1. The second-order valence-electron chi connectivity index (χ2n) is 6.00. The van der Waals surface area contributed by atoms with Crippen LogP contribution in [0.3, 0.4) is 0 Å². The lowest BCUT2D eigenvalue weighted by Gasteiger charge is -2.22. The minimum absolute atomic E-state index is 0.0632. The molecule has 1 rings (SSSR count). The molecule has 1 amide bonds. The molecular formula is C17H22Cl2FNO8S. The van der Waals surface area contributed by atoms with Crippen LogP contribution < -0.4 is 5.32 Å². The number of carbonyl (C=O) groups is 3. The molecule has 13 heteroatoms. The summed E-state index contributed by atoms with van der Waals surface area (Å²) in [5.41, 5.74) is 0.256. The lowest BCUT2D eigenvalue weighted by Crippen LogP contribution is -2.43. The van der Waals surface area contributed by atoms with Gasteiger partial charge in [-0.05, 0) is 24.1 Å². The maximum atomic E-state index is 12.9. The number of alkyl halides is 3. The third kappa shape index (κ3) is 11.3. The second-order valence-corrected chi connectivity index (χ2v) is 9.11. The van der Waals surface area contributed by atoms with E-state index in [2.05, 4.69) is 5.32 Å². The zero-order chi connectivity index (χ0) is 23.5. The average molecular weight is 490 g/mol. The standard InChI is InChI=1S/C12H14Cl2FNO4S.C5H8O4/c1-21(19,20)8-4-2-7(3-5-8)10(17)9(6-15)16-12(18)11(13)14;6-4(7)2-1-3-5(8)9/h2-5,9-11,17H,6H2,1H3,(H,16,18);1-3H2,(H,6,7)(H,8,9)/t9-,10-;/m1./s1. The number of aliphatic hydroxyl groups is 1. The first-order valence-corrected chi connectivity index (χ1v) is 11.1. The first-order chi connectivity index (χ1) is 13.8. The van der Waals surface area contributed by atoms with Gasteiger partial charge in [0.1, 0.15) is 12.8 Å². The highest BCUT2D eigenvalue weighted by molar-refractivity contribution is 7.90. The van der Waals surface area contributed by atoms with Crippen molar-refractivity contribution in [1.82, 2.24) is 5.32 Å². The molecule has 1 aromatic carbocycles. The summed E-state index contributed by atoms with van der Waals surface area (Å²) in [5, 5.41) is 28.2. The fraction of sp³-hybridized carbons (Fsp3) is 0.471. The van der Waals surface area contributed by atoms with Crippen molar-refractivity contribution < 1.29 is 42.5 Å². The molecule has 0 radical (unpaired) electrons. The molecule has 0 heterocycles. The van der Waals surface area contributed by atoms with Crippen LogP contribution in [0, 0.1) is 0 Å². The van der Waals surface area contributed by atoms with Crippen LogP contribution in [0.15, 0.2) is 29.2 Å². The van der Waals surface area contributed by atoms with Crippen molar-refractivity contribution in [3.05, 3.63) is 29.8 Å². The fourth-order valence-corrected chi connectivity index (χ4v) is 2.74. The number of hydrogen-bond donors (Lipinski definition) is 4. The van der Waals surface area contributed by atoms with E-state index in [1.54, 1.807) is 0 Å². The van der Waals surface area contributed by atoms with Crippen LogP contribution in [0.4, 0.5) is 4.39 Å². The van der Waals surface area contributed by atoms with Crippen LogP contribution in [0.1, 0.15) is 30.9 Å². The van der Waals surface area contributed by atoms with Gasteiger partial charge in [0.15, 0.2) is 14.7 Å². The zero-order valence-corrected chi connectivity index (χ0v) is 18.1. The third-order valence-electron chi connectivity index (χ3n) is 3.50. The van der Waals surface area contributed by atoms with Crippen LogP contribution in [-0.2, 0) is 24.2 Å². The number of aliphatic carboxylic acids is 2. The molecule has 4 N–H and O–H groups in total. The lowest BCUT2D eigenvalue weighted by atomic mass is 10.0. The fourth-order valence-electron chi connectivity index (χ4n) is 1.98. The van der Waals surface area contributed by atoms with E-state index in [4.69, 9.17) is 33.4 Å². The van der Waals surface area contributed by atoms with Gasteiger partial charge in [0, 0.05) is 19.1 Å². The van der Waals surface area contributed by atoms with Crippen LogP contribution in [0.5, 0.6) is 0 Å². The number of benzene rings is 1. The monoisotopic (exact) mass is 489 g/mol. The molecule has 0 saturated heterocycles. The second kappa shape index (κ2) is 13.4. The highest BCUT2D eigenvalue weighted by atomic mass is 35.5. The number of carboxylic acids is 2. The molecule has 2 atom stereocenters. The summed E-state index contributed by atoms with van der Waals surface area (Å²) in [5.74, 6) is -2.72. The van der Waals surface area contributed by atoms with Crippen molar-refractivity contribution in [2.75, 3.05) is 12.9 Å². The van der Waals surface area contributed by atoms with Crippen molar-refractivity contribution in [2.24, 2.45) is 0 Å². The number of hydrogen-bond acceptors (Lipinski definition) is 6. The molecular weight excluding hydrogens is 468 g/mol. The Hall–Kier alpha value is -1.95. The minimum Gasteiger partial charge on any atom is -0.481 e. The smallest absolute Gasteiger partial charge is 0.303 e. The molecule has 0 aliphatic carbocycles. The summed E-state index contributed by atoms with van der Waals surface area (Å²) in [6.07, 6.45) is -0.229. The van der Waals surface area contributed by atoms with E-state index in [9.17, 15) is 32.3 Å². The van der Waals surface area contributed by atoms with Gasteiger partial charge < -0.3 is 20.6 Å². The van der Waals surface area contributed by atoms with E-state index in [-0.39, 0.29) is 29.7 Å². The maximum Gasteiger partial charge on any atom is 0.303 e. The molecule has 1 aromatic rings. The molecule has 170 valence electrons. The first-order valence-electron chi connectivity index (χ1n) is 8.35. The van der Waals surface area contributed by atoms with E-state index in [1.807, 2.05) is 0 Å². The summed E-state index contributed by atoms with van der Waals surface area (Å²) in [6.45, 7) is -1.04. The number of rotatable bonds is 10. The quantitative estimate of drug-likeness (QED) is 0.361. The Balaban J connectivity index is 0.000000787. The zero-order valence-electron chi connectivity index (χ0n) is 15.8. The van der Waals surface area contributed by atoms with Gasteiger partial charge in [-0.3, -0.25) is 14.4 Å². The third-order valence-corrected chi connectivity index (χ3v) is 5.03. The highest BCUT2D eigenvalue weighted by Crippen LogP contribution is 2.20. The number of halogens is 3. The van der Waals surface area contributed by atoms with Gasteiger partial charge in [-0.2, -0.15) is 0 Å². The van der Waals surface area contributed by atoms with Crippen LogP contribution in [-0.4, -0.2) is 65.4 Å². The summed E-state index contributed by atoms with van der Waals surface area (Å²) < 4.78 is 35.6. The number of carboxylic acid groups (broad SMARTS) is 2. The number of sulfone groups is 1. The summed E-state index contributed by atoms with van der Waals surface area (Å²) in [6, 6.07) is 4.03. The largest absolute Gasteiger partial charge is 0.481 e. The van der Waals surface area contributed by atoms with Gasteiger partial charge in [-0.25, -0.2) is 12.8 Å². The minimum atomic E-state index is -3.36. The lowest BCUT2D eigenvalue weighted by molar-refractivity contribution is -0.138. The van der Waals surface area contributed by atoms with E-state index in [0.717, 1.165) is 6.26 Å². The Labute approximate surface area is 182 Å². The van der Waals surface area contributed by atoms with E-state index in [0.29, 0.717) is 0 Å². The van der Waals surface area contributed by atoms with Crippen LogP contribution in [0.2, 0.25) is 0 Å². The van der Waals surface area contributed by atoms with Crippen molar-refractivity contribution in [3.8, 4) is 0 Å². The molecule has 0 unspecified atom stereocenters. The van der Waals surface area contributed by atoms with E-state index in [1.165, 1.54) is 24.3 Å². The van der Waals surface area contributed by atoms with Gasteiger partial charge in [0.05, 0.1) is 10.9 Å². The molecule has 0 spiro atoms. The summed E-state index contributed by atoms with van der Waals surface area (Å²) in [7, 11) is -3.36. The summed E-state index contributed by atoms with van der Waals surface area (Å²) >= 11 is 10.7. The molecule has 0 fully saturated rings. The number of aliphatic hydroxyl groups excluding tert-OH is 1. The molecule has 9 nitrogen and oxygen atoms in total. The Bertz CT molecular complexity index is 804. The summed E-state index contributed by atoms with van der Waals surface area (Å²) in [4.78, 5) is 29.6. The Morgan fingerprint density at radius 2 is 1.53 bits per heavy atom. The van der Waals surface area contributed by atoms with Crippen molar-refractivity contribution in [3.63, 3.8) is 0 Å². The number of carbonyl (C=O) groups excluding carboxylic acids is 1. The molecule has 0 saturated carbocycles. The van der Waals surface area contributed by atoms with Gasteiger partial charge >= 0.3 is 11.9 Å². The molecule has 30 heavy (non-hydrogen) atoms. The average Bonchev–Trinajstić information content (AvgIpc) is 2.64. The number of amides is 1. The predicted octanol–water partition coefficient (Wildman–Crippen LogP) is 1.71. The van der Waals surface area contributed by atoms with E-state index >= 15 is 0 Å². The van der Waals surface area contributed by atoms with Crippen LogP contribution in [0.25, 0.3) is 0 Å². The SMILES string of the molecule is CS(=O)(=O)c1ccc([C@@H](O)[C@@H](CF)NC(=O)C(Cl)Cl)cc1.O=C(O)CCCC(=O)O. The molecule has 0 aliphatic rings. The van der Waals surface area contributed by atoms with Crippen LogP contribution >= 0.6 is 23.2 Å². The van der Waals surface area contributed by atoms with Crippen molar-refractivity contribution in [1.29, 1.82) is 0 Å². The van der Waals surface area contributed by atoms with Gasteiger partial charge in [-0.1, -0.05) is 35.3 Å². The predicted molar refractivity (Wildman–Crippen MR) is 107 cm³/mol. The Morgan fingerprint density at radius 3 is 1.87 bits per heavy atom. The molecule has 0 aliphatic heterocycles. The topological polar surface area (TPSA) is 158 Å². The Morgan fingerprint density at radius 1 is 1.07 bits per heavy atom.